The van der Waals surface area contributed by atoms with Gasteiger partial charge in [0.2, 0.25) is 5.95 Å². The van der Waals surface area contributed by atoms with Crippen LogP contribution in [0.2, 0.25) is 0 Å². The smallest absolute Gasteiger partial charge is 0.228 e. The molecule has 1 aliphatic rings. The van der Waals surface area contributed by atoms with Crippen LogP contribution in [-0.4, -0.2) is 45.2 Å². The Kier molecular flexibility index (Phi) is 5.77. The molecule has 0 bridgehead atoms. The highest BCUT2D eigenvalue weighted by molar-refractivity contribution is 6.17. The minimum Gasteiger partial charge on any atom is -0.307 e. The van der Waals surface area contributed by atoms with Crippen LogP contribution >= 0.6 is 11.6 Å². The van der Waals surface area contributed by atoms with Crippen LogP contribution < -0.4 is 5.32 Å². The first kappa shape index (κ1) is 22.5. The van der Waals surface area contributed by atoms with E-state index in [-0.39, 0.29) is 0 Å². The van der Waals surface area contributed by atoms with Crippen molar-refractivity contribution in [1.82, 2.24) is 39.3 Å². The maximum absolute atomic E-state index is 5.85. The Balaban J connectivity index is 1.35. The van der Waals surface area contributed by atoms with Gasteiger partial charge in [-0.3, -0.25) is 14.0 Å². The van der Waals surface area contributed by atoms with Gasteiger partial charge in [-0.2, -0.15) is 15.3 Å². The molecule has 5 aromatic rings. The molecule has 0 spiro atoms. The first-order valence-electron chi connectivity index (χ1n) is 12.0. The fourth-order valence-electron chi connectivity index (χ4n) is 4.72. The number of halogens is 1. The lowest BCUT2D eigenvalue weighted by Crippen LogP contribution is -2.08. The van der Waals surface area contributed by atoms with Crippen molar-refractivity contribution in [2.45, 2.75) is 32.9 Å². The average molecular weight is 500 g/mol. The molecule has 0 atom stereocenters. The van der Waals surface area contributed by atoms with Crippen molar-refractivity contribution in [2.24, 2.45) is 7.05 Å². The maximum Gasteiger partial charge on any atom is 0.228 e. The molecular weight excluding hydrogens is 474 g/mol. The minimum atomic E-state index is 0.530. The zero-order valence-corrected chi connectivity index (χ0v) is 20.9. The predicted molar refractivity (Wildman–Crippen MR) is 140 cm³/mol. The Hall–Kier alpha value is -3.98. The number of aromatic nitrogens is 8. The standard InChI is InChI=1S/C26H26ClN9/c1-3-35-12-10-22(33-35)30-26-28-14-19-8-9-21-23(24(19)31-26)25(34(2)32-21)18-6-4-17(5-7-18)20-15-29-36(16-20)13-11-27/h4-7,10,12,14-16H,3,8-9,11,13H2,1-2H3,(H,28,30,31,33). The van der Waals surface area contributed by atoms with Gasteiger partial charge in [-0.15, -0.1) is 11.6 Å². The molecule has 1 aliphatic carbocycles. The highest BCUT2D eigenvalue weighted by Crippen LogP contribution is 2.40. The van der Waals surface area contributed by atoms with Crippen LogP contribution in [0, 0.1) is 0 Å². The second kappa shape index (κ2) is 9.23. The fourth-order valence-corrected chi connectivity index (χ4v) is 4.89. The SMILES string of the molecule is CCn1ccc(Nc2ncc3c(n2)-c2c(nn(C)c2-c2ccc(-c4cnn(CCCl)c4)cc2)CC3)n1. The van der Waals surface area contributed by atoms with E-state index in [1.54, 1.807) is 0 Å². The number of fused-ring (bicyclic) bond motifs is 3. The normalized spacial score (nSPS) is 12.4. The van der Waals surface area contributed by atoms with Crippen molar-refractivity contribution in [3.8, 4) is 33.6 Å². The van der Waals surface area contributed by atoms with Gasteiger partial charge in [-0.1, -0.05) is 24.3 Å². The van der Waals surface area contributed by atoms with Crippen molar-refractivity contribution in [1.29, 1.82) is 0 Å². The van der Waals surface area contributed by atoms with Crippen LogP contribution in [0.3, 0.4) is 0 Å². The molecular formula is C26H26ClN9. The van der Waals surface area contributed by atoms with E-state index in [0.717, 1.165) is 70.1 Å². The lowest BCUT2D eigenvalue weighted by molar-refractivity contribution is 0.662. The molecule has 9 nitrogen and oxygen atoms in total. The summed E-state index contributed by atoms with van der Waals surface area (Å²) in [6.07, 6.45) is 9.49. The van der Waals surface area contributed by atoms with Gasteiger partial charge in [-0.05, 0) is 30.9 Å². The van der Waals surface area contributed by atoms with E-state index in [0.29, 0.717) is 18.4 Å². The average Bonchev–Trinajstić information content (AvgIpc) is 3.63. The van der Waals surface area contributed by atoms with Crippen molar-refractivity contribution in [3.63, 3.8) is 0 Å². The zero-order chi connectivity index (χ0) is 24.6. The van der Waals surface area contributed by atoms with Crippen molar-refractivity contribution in [3.05, 3.63) is 66.4 Å². The summed E-state index contributed by atoms with van der Waals surface area (Å²) in [6, 6.07) is 10.4. The number of rotatable bonds is 7. The van der Waals surface area contributed by atoms with Crippen molar-refractivity contribution < 1.29 is 0 Å². The third-order valence-corrected chi connectivity index (χ3v) is 6.66. The summed E-state index contributed by atoms with van der Waals surface area (Å²) in [5.41, 5.74) is 8.51. The van der Waals surface area contributed by atoms with Crippen LogP contribution in [0.5, 0.6) is 0 Å². The van der Waals surface area contributed by atoms with Crippen LogP contribution in [0.4, 0.5) is 11.8 Å². The Bertz CT molecular complexity index is 1530. The highest BCUT2D eigenvalue weighted by Gasteiger charge is 2.27. The number of aryl methyl sites for hydroxylation is 5. The van der Waals surface area contributed by atoms with E-state index >= 15 is 0 Å². The topological polar surface area (TPSA) is 91.3 Å². The molecule has 36 heavy (non-hydrogen) atoms. The Morgan fingerprint density at radius 2 is 1.81 bits per heavy atom. The number of nitrogens with zero attached hydrogens (tertiary/aromatic N) is 8. The predicted octanol–water partition coefficient (Wildman–Crippen LogP) is 4.71. The first-order valence-corrected chi connectivity index (χ1v) is 12.6. The van der Waals surface area contributed by atoms with Crippen molar-refractivity contribution >= 4 is 23.4 Å². The molecule has 0 fully saturated rings. The van der Waals surface area contributed by atoms with Crippen molar-refractivity contribution in [2.75, 3.05) is 11.2 Å². The largest absolute Gasteiger partial charge is 0.307 e. The summed E-state index contributed by atoms with van der Waals surface area (Å²) in [6.45, 7) is 3.56. The van der Waals surface area contributed by atoms with Gasteiger partial charge in [0.05, 0.1) is 29.8 Å². The molecule has 0 amide bonds. The summed E-state index contributed by atoms with van der Waals surface area (Å²) < 4.78 is 5.69. The third kappa shape index (κ3) is 4.05. The summed E-state index contributed by atoms with van der Waals surface area (Å²) in [7, 11) is 2.00. The summed E-state index contributed by atoms with van der Waals surface area (Å²) >= 11 is 5.85. The Labute approximate surface area is 213 Å². The fraction of sp³-hybridized carbons (Fsp3) is 0.269. The number of hydrogen-bond acceptors (Lipinski definition) is 6. The van der Waals surface area contributed by atoms with E-state index in [4.69, 9.17) is 21.7 Å². The molecule has 1 N–H and O–H groups in total. The molecule has 4 heterocycles. The van der Waals surface area contributed by atoms with Gasteiger partial charge in [0.15, 0.2) is 5.82 Å². The van der Waals surface area contributed by atoms with Crippen LogP contribution in [0.1, 0.15) is 18.2 Å². The zero-order valence-electron chi connectivity index (χ0n) is 20.2. The molecule has 1 aromatic carbocycles. The van der Waals surface area contributed by atoms with Crippen LogP contribution in [0.25, 0.3) is 33.6 Å². The number of hydrogen-bond donors (Lipinski definition) is 1. The van der Waals surface area contributed by atoms with Crippen LogP contribution in [-0.2, 0) is 33.0 Å². The molecule has 0 saturated carbocycles. The van der Waals surface area contributed by atoms with E-state index in [1.165, 1.54) is 0 Å². The van der Waals surface area contributed by atoms with Gasteiger partial charge in [0.25, 0.3) is 0 Å². The van der Waals surface area contributed by atoms with Gasteiger partial charge in [0, 0.05) is 60.8 Å². The Morgan fingerprint density at radius 3 is 2.58 bits per heavy atom. The van der Waals surface area contributed by atoms with E-state index in [9.17, 15) is 0 Å². The number of alkyl halides is 1. The quantitative estimate of drug-likeness (QED) is 0.326. The van der Waals surface area contributed by atoms with Gasteiger partial charge in [-0.25, -0.2) is 9.97 Å². The lowest BCUT2D eigenvalue weighted by Gasteiger charge is -2.17. The molecule has 0 aliphatic heterocycles. The first-order chi connectivity index (χ1) is 17.6. The number of benzene rings is 1. The molecule has 182 valence electrons. The molecule has 0 saturated heterocycles. The summed E-state index contributed by atoms with van der Waals surface area (Å²) in [5, 5.41) is 17.0. The van der Waals surface area contributed by atoms with Crippen LogP contribution in [0.15, 0.2) is 55.1 Å². The molecule has 4 aromatic heterocycles. The monoisotopic (exact) mass is 499 g/mol. The molecule has 10 heteroatoms. The molecule has 0 unspecified atom stereocenters. The van der Waals surface area contributed by atoms with Gasteiger partial charge >= 0.3 is 0 Å². The highest BCUT2D eigenvalue weighted by atomic mass is 35.5. The Morgan fingerprint density at radius 1 is 0.972 bits per heavy atom. The minimum absolute atomic E-state index is 0.530. The number of anilines is 2. The summed E-state index contributed by atoms with van der Waals surface area (Å²) in [5.74, 6) is 1.79. The van der Waals surface area contributed by atoms with E-state index < -0.39 is 0 Å². The van der Waals surface area contributed by atoms with E-state index in [1.807, 2.05) is 51.9 Å². The second-order valence-electron chi connectivity index (χ2n) is 8.80. The van der Waals surface area contributed by atoms with Gasteiger partial charge in [0.1, 0.15) is 0 Å². The summed E-state index contributed by atoms with van der Waals surface area (Å²) in [4.78, 5) is 9.47. The lowest BCUT2D eigenvalue weighted by atomic mass is 9.91. The van der Waals surface area contributed by atoms with Gasteiger partial charge < -0.3 is 5.32 Å². The van der Waals surface area contributed by atoms with E-state index in [2.05, 4.69) is 51.7 Å². The second-order valence-corrected chi connectivity index (χ2v) is 9.18. The maximum atomic E-state index is 5.85. The molecule has 0 radical (unpaired) electrons. The third-order valence-electron chi connectivity index (χ3n) is 6.50. The molecule has 6 rings (SSSR count). The number of nitrogens with one attached hydrogen (secondary N) is 1.